The zero-order valence-corrected chi connectivity index (χ0v) is 24.7. The maximum Gasteiger partial charge on any atom is 0.407 e. The van der Waals surface area contributed by atoms with Crippen LogP contribution in [-0.4, -0.2) is 35.1 Å². The summed E-state index contributed by atoms with van der Waals surface area (Å²) in [6.45, 7) is 6.57. The molecule has 2 amide bonds. The van der Waals surface area contributed by atoms with Crippen LogP contribution < -0.4 is 16.8 Å². The number of anilines is 1. The molecule has 1 aromatic heterocycles. The second kappa shape index (κ2) is 14.7. The predicted molar refractivity (Wildman–Crippen MR) is 161 cm³/mol. The summed E-state index contributed by atoms with van der Waals surface area (Å²) in [5, 5.41) is 4.71. The average Bonchev–Trinajstić information content (AvgIpc) is 3.44. The Kier molecular flexibility index (Phi) is 11.3. The van der Waals surface area contributed by atoms with Gasteiger partial charge in [0.2, 0.25) is 5.72 Å². The smallest absolute Gasteiger partial charge is 0.407 e. The first kappa shape index (κ1) is 31.6. The monoisotopic (exact) mass is 580 g/mol. The molecule has 3 aromatic rings. The number of nitrogens with zero attached hydrogens (tertiary/aromatic N) is 1. The molecule has 10 heteroatoms. The van der Waals surface area contributed by atoms with Crippen molar-refractivity contribution in [2.75, 3.05) is 12.3 Å². The van der Waals surface area contributed by atoms with Gasteiger partial charge in [0.15, 0.2) is 5.78 Å². The molecule has 1 atom stereocenters. The lowest BCUT2D eigenvalue weighted by Gasteiger charge is -2.44. The van der Waals surface area contributed by atoms with Crippen LogP contribution in [0.15, 0.2) is 72.1 Å². The van der Waals surface area contributed by atoms with E-state index in [1.165, 1.54) is 0 Å². The number of nitrogen functional groups attached to an aromatic ring is 1. The van der Waals surface area contributed by atoms with Gasteiger partial charge in [0.05, 0.1) is 0 Å². The highest BCUT2D eigenvalue weighted by Crippen LogP contribution is 2.36. The lowest BCUT2D eigenvalue weighted by molar-refractivity contribution is -0.175. The maximum atomic E-state index is 14.1. The van der Waals surface area contributed by atoms with Crippen LogP contribution in [0.3, 0.4) is 0 Å². The molecule has 0 aliphatic rings. The highest BCUT2D eigenvalue weighted by atomic mass is 32.1. The lowest BCUT2D eigenvalue weighted by Crippen LogP contribution is -2.60. The number of benzene rings is 2. The van der Waals surface area contributed by atoms with Gasteiger partial charge >= 0.3 is 12.2 Å². The van der Waals surface area contributed by atoms with Gasteiger partial charge < -0.3 is 26.3 Å². The fourth-order valence-electron chi connectivity index (χ4n) is 4.53. The molecule has 0 spiro atoms. The van der Waals surface area contributed by atoms with E-state index in [0.717, 1.165) is 16.0 Å². The summed E-state index contributed by atoms with van der Waals surface area (Å²) in [4.78, 5) is 41.6. The van der Waals surface area contributed by atoms with Crippen molar-refractivity contribution in [2.24, 2.45) is 11.1 Å². The third-order valence-corrected chi connectivity index (χ3v) is 7.38. The molecule has 0 fully saturated rings. The molecule has 0 saturated heterocycles. The molecule has 0 aliphatic carbocycles. The Labute approximate surface area is 245 Å². The van der Waals surface area contributed by atoms with E-state index < -0.39 is 23.3 Å². The molecule has 0 bridgehead atoms. The van der Waals surface area contributed by atoms with Crippen molar-refractivity contribution < 1.29 is 23.9 Å². The van der Waals surface area contributed by atoms with Crippen LogP contribution in [0.1, 0.15) is 56.0 Å². The van der Waals surface area contributed by atoms with Gasteiger partial charge in [-0.25, -0.2) is 14.5 Å². The Bertz CT molecular complexity index is 1260. The molecule has 0 aliphatic heterocycles. The Hall–Kier alpha value is -3.89. The van der Waals surface area contributed by atoms with Gasteiger partial charge in [0.25, 0.3) is 0 Å². The fraction of sp³-hybridized carbons (Fsp3) is 0.387. The Morgan fingerprint density at radius 1 is 0.902 bits per heavy atom. The van der Waals surface area contributed by atoms with Crippen LogP contribution in [0, 0.1) is 5.41 Å². The SMILES string of the molecule is CC(C)(C)C(=O)[C@](CCCCNC(=O)OCc1ccccc1)(OC(N)=O)N(Cc1ccc(N)cc1)Cc1cccs1. The first-order chi connectivity index (χ1) is 19.5. The quantitative estimate of drug-likeness (QED) is 0.124. The number of hydrogen-bond donors (Lipinski definition) is 3. The normalized spacial score (nSPS) is 12.9. The number of amides is 2. The first-order valence-electron chi connectivity index (χ1n) is 13.6. The second-order valence-corrected chi connectivity index (χ2v) is 11.9. The summed E-state index contributed by atoms with van der Waals surface area (Å²) in [6, 6.07) is 20.7. The minimum absolute atomic E-state index is 0.172. The highest BCUT2D eigenvalue weighted by Gasteiger charge is 2.51. The van der Waals surface area contributed by atoms with Crippen molar-refractivity contribution in [1.82, 2.24) is 10.2 Å². The number of nitrogens with one attached hydrogen (secondary N) is 1. The summed E-state index contributed by atoms with van der Waals surface area (Å²) in [7, 11) is 0. The number of ether oxygens (including phenoxy) is 2. The lowest BCUT2D eigenvalue weighted by atomic mass is 9.81. The van der Waals surface area contributed by atoms with Crippen LogP contribution >= 0.6 is 11.3 Å². The molecule has 0 radical (unpaired) electrons. The molecule has 3 rings (SSSR count). The number of hydrogen-bond acceptors (Lipinski definition) is 8. The van der Waals surface area contributed by atoms with Crippen LogP contribution in [0.4, 0.5) is 15.3 Å². The molecule has 41 heavy (non-hydrogen) atoms. The number of alkyl carbamates (subject to hydrolysis) is 1. The second-order valence-electron chi connectivity index (χ2n) is 10.9. The van der Waals surface area contributed by atoms with Gasteiger partial charge in [-0.3, -0.25) is 4.79 Å². The predicted octanol–water partition coefficient (Wildman–Crippen LogP) is 5.84. The van der Waals surface area contributed by atoms with Crippen molar-refractivity contribution in [3.63, 3.8) is 0 Å². The maximum absolute atomic E-state index is 14.1. The van der Waals surface area contributed by atoms with Crippen molar-refractivity contribution in [3.05, 3.63) is 88.1 Å². The van der Waals surface area contributed by atoms with E-state index in [1.54, 1.807) is 44.2 Å². The van der Waals surface area contributed by atoms with Crippen molar-refractivity contribution in [2.45, 2.75) is 65.5 Å². The Balaban J connectivity index is 1.79. The molecule has 2 aromatic carbocycles. The fourth-order valence-corrected chi connectivity index (χ4v) is 5.25. The summed E-state index contributed by atoms with van der Waals surface area (Å²) in [5.41, 5.74) is 11.4. The van der Waals surface area contributed by atoms with E-state index in [1.807, 2.05) is 64.9 Å². The van der Waals surface area contributed by atoms with Crippen LogP contribution in [-0.2, 0) is 34.0 Å². The van der Waals surface area contributed by atoms with Crippen LogP contribution in [0.25, 0.3) is 0 Å². The van der Waals surface area contributed by atoms with E-state index in [0.29, 0.717) is 38.2 Å². The number of nitrogens with two attached hydrogens (primary N) is 2. The molecule has 9 nitrogen and oxygen atoms in total. The van der Waals surface area contributed by atoms with Crippen molar-refractivity contribution in [3.8, 4) is 0 Å². The van der Waals surface area contributed by atoms with Gasteiger partial charge in [0, 0.05) is 42.0 Å². The zero-order valence-electron chi connectivity index (χ0n) is 23.9. The first-order valence-corrected chi connectivity index (χ1v) is 14.5. The van der Waals surface area contributed by atoms with E-state index in [9.17, 15) is 14.4 Å². The third kappa shape index (κ3) is 9.61. The third-order valence-electron chi connectivity index (χ3n) is 6.52. The number of thiophene rings is 1. The number of primary amides is 1. The highest BCUT2D eigenvalue weighted by molar-refractivity contribution is 7.09. The molecular formula is C31H40N4O5S. The number of Topliss-reactive ketones (excluding diaryl/α,β-unsaturated/α-hetero) is 1. The van der Waals surface area contributed by atoms with Crippen molar-refractivity contribution in [1.29, 1.82) is 0 Å². The van der Waals surface area contributed by atoms with Crippen LogP contribution in [0.5, 0.6) is 0 Å². The zero-order chi connectivity index (χ0) is 29.9. The largest absolute Gasteiger partial charge is 0.445 e. The number of carbonyl (C=O) groups is 3. The van der Waals surface area contributed by atoms with E-state index in [2.05, 4.69) is 5.32 Å². The standard InChI is InChI=1S/C31H40N4O5S/c1-30(2,3)27(36)31(40-28(33)37,17-7-8-18-34-29(38)39-22-24-10-5-4-6-11-24)35(21-26-12-9-19-41-26)20-23-13-15-25(32)16-14-23/h4-6,9-16,19H,7-8,17-18,20-22,32H2,1-3H3,(H2,33,37)(H,34,38)/t31-/m0/s1. The van der Waals surface area contributed by atoms with Gasteiger partial charge in [-0.1, -0.05) is 69.3 Å². The van der Waals surface area contributed by atoms with Gasteiger partial charge in [-0.2, -0.15) is 0 Å². The molecule has 1 heterocycles. The molecule has 220 valence electrons. The molecule has 0 saturated carbocycles. The molecular weight excluding hydrogens is 540 g/mol. The van der Waals surface area contributed by atoms with E-state index in [-0.39, 0.29) is 18.8 Å². The number of carbonyl (C=O) groups excluding carboxylic acids is 3. The van der Waals surface area contributed by atoms with Gasteiger partial charge in [-0.05, 0) is 47.5 Å². The number of rotatable bonds is 14. The van der Waals surface area contributed by atoms with Gasteiger partial charge in [0.1, 0.15) is 6.61 Å². The van der Waals surface area contributed by atoms with E-state index >= 15 is 0 Å². The topological polar surface area (TPSA) is 137 Å². The number of ketones is 1. The summed E-state index contributed by atoms with van der Waals surface area (Å²) in [5.74, 6) is -0.258. The van der Waals surface area contributed by atoms with E-state index in [4.69, 9.17) is 20.9 Å². The summed E-state index contributed by atoms with van der Waals surface area (Å²) in [6.07, 6.45) is -0.374. The minimum atomic E-state index is -1.64. The van der Waals surface area contributed by atoms with Crippen LogP contribution in [0.2, 0.25) is 0 Å². The Morgan fingerprint density at radius 2 is 1.61 bits per heavy atom. The van der Waals surface area contributed by atoms with Gasteiger partial charge in [-0.15, -0.1) is 11.3 Å². The average molecular weight is 581 g/mol. The minimum Gasteiger partial charge on any atom is -0.445 e. The molecule has 5 N–H and O–H groups in total. The molecule has 0 unspecified atom stereocenters. The summed E-state index contributed by atoms with van der Waals surface area (Å²) >= 11 is 1.55. The Morgan fingerprint density at radius 3 is 2.22 bits per heavy atom. The summed E-state index contributed by atoms with van der Waals surface area (Å²) < 4.78 is 11.1. The number of unbranched alkanes of at least 4 members (excludes halogenated alkanes) is 1. The van der Waals surface area contributed by atoms with Crippen molar-refractivity contribution >= 4 is 35.0 Å².